The maximum absolute atomic E-state index is 12.3. The zero-order valence-electron chi connectivity index (χ0n) is 10.7. The summed E-state index contributed by atoms with van der Waals surface area (Å²) in [6, 6.07) is 7.59. The summed E-state index contributed by atoms with van der Waals surface area (Å²) in [5.41, 5.74) is 2.18. The zero-order chi connectivity index (χ0) is 13.2. The van der Waals surface area contributed by atoms with Crippen LogP contribution in [0.4, 0.5) is 5.69 Å². The summed E-state index contributed by atoms with van der Waals surface area (Å²) in [7, 11) is 0. The lowest BCUT2D eigenvalue weighted by Crippen LogP contribution is -2.34. The highest BCUT2D eigenvalue weighted by atomic mass is 16.2. The highest BCUT2D eigenvalue weighted by Crippen LogP contribution is 2.42. The second-order valence-electron chi connectivity index (χ2n) is 4.94. The molecule has 1 aliphatic heterocycles. The van der Waals surface area contributed by atoms with Gasteiger partial charge < -0.3 is 10.1 Å². The second kappa shape index (κ2) is 4.77. The molecular weight excluding hydrogens is 226 g/mol. The van der Waals surface area contributed by atoms with Gasteiger partial charge in [-0.25, -0.2) is 0 Å². The van der Waals surface area contributed by atoms with Crippen molar-refractivity contribution in [1.29, 1.82) is 0 Å². The van der Waals surface area contributed by atoms with Gasteiger partial charge in [0.1, 0.15) is 6.29 Å². The third-order valence-electron chi connectivity index (χ3n) is 3.42. The van der Waals surface area contributed by atoms with E-state index < -0.39 is 5.41 Å². The number of fused-ring (bicyclic) bond motifs is 1. The van der Waals surface area contributed by atoms with E-state index in [-0.39, 0.29) is 12.3 Å². The van der Waals surface area contributed by atoms with Crippen molar-refractivity contribution in [2.75, 3.05) is 5.32 Å². The summed E-state index contributed by atoms with van der Waals surface area (Å²) >= 11 is 0. The van der Waals surface area contributed by atoms with Gasteiger partial charge in [0.2, 0.25) is 5.91 Å². The molecule has 3 nitrogen and oxygen atoms in total. The van der Waals surface area contributed by atoms with Crippen LogP contribution in [-0.4, -0.2) is 12.2 Å². The van der Waals surface area contributed by atoms with Crippen molar-refractivity contribution in [2.24, 2.45) is 0 Å². The van der Waals surface area contributed by atoms with Gasteiger partial charge >= 0.3 is 0 Å². The molecule has 1 atom stereocenters. The Kier molecular flexibility index (Phi) is 3.32. The van der Waals surface area contributed by atoms with E-state index in [4.69, 9.17) is 0 Å². The summed E-state index contributed by atoms with van der Waals surface area (Å²) in [6.45, 7) is 3.99. The third-order valence-corrected chi connectivity index (χ3v) is 3.42. The van der Waals surface area contributed by atoms with Crippen LogP contribution in [0.2, 0.25) is 0 Å². The number of rotatable bonds is 4. The number of para-hydroxylation sites is 1. The van der Waals surface area contributed by atoms with E-state index in [0.717, 1.165) is 23.1 Å². The largest absolute Gasteiger partial charge is 0.325 e. The molecule has 0 aliphatic carbocycles. The Morgan fingerprint density at radius 2 is 2.00 bits per heavy atom. The zero-order valence-corrected chi connectivity index (χ0v) is 10.7. The van der Waals surface area contributed by atoms with Crippen LogP contribution >= 0.6 is 0 Å². The maximum atomic E-state index is 12.3. The molecule has 1 heterocycles. The van der Waals surface area contributed by atoms with Crippen LogP contribution in [0.15, 0.2) is 35.9 Å². The number of amides is 1. The Bertz CT molecular complexity index is 515. The molecular formula is C15H17NO2. The average Bonchev–Trinajstić information content (AvgIpc) is 2.61. The lowest BCUT2D eigenvalue weighted by Gasteiger charge is -2.23. The van der Waals surface area contributed by atoms with Gasteiger partial charge in [-0.2, -0.15) is 0 Å². The van der Waals surface area contributed by atoms with Crippen molar-refractivity contribution in [3.05, 3.63) is 41.5 Å². The van der Waals surface area contributed by atoms with Gasteiger partial charge in [0, 0.05) is 12.1 Å². The minimum Gasteiger partial charge on any atom is -0.325 e. The summed E-state index contributed by atoms with van der Waals surface area (Å²) in [4.78, 5) is 23.2. The number of hydrogen-bond acceptors (Lipinski definition) is 2. The first-order valence-electron chi connectivity index (χ1n) is 6.08. The van der Waals surface area contributed by atoms with E-state index in [1.807, 2.05) is 44.2 Å². The molecule has 0 radical (unpaired) electrons. The van der Waals surface area contributed by atoms with Gasteiger partial charge in [-0.1, -0.05) is 29.8 Å². The monoisotopic (exact) mass is 243 g/mol. The molecule has 1 amide bonds. The Morgan fingerprint density at radius 1 is 1.28 bits per heavy atom. The predicted octanol–water partition coefficient (Wildman–Crippen LogP) is 2.82. The molecule has 1 aromatic carbocycles. The Hall–Kier alpha value is -1.90. The minimum atomic E-state index is -0.727. The minimum absolute atomic E-state index is 0.0756. The average molecular weight is 243 g/mol. The normalized spacial score (nSPS) is 21.1. The Balaban J connectivity index is 2.49. The van der Waals surface area contributed by atoms with Crippen molar-refractivity contribution in [3.8, 4) is 0 Å². The number of anilines is 1. The fraction of sp³-hybridized carbons (Fsp3) is 0.333. The summed E-state index contributed by atoms with van der Waals surface area (Å²) in [5.74, 6) is -0.0756. The van der Waals surface area contributed by atoms with E-state index in [1.54, 1.807) is 0 Å². The maximum Gasteiger partial charge on any atom is 0.235 e. The van der Waals surface area contributed by atoms with Crippen molar-refractivity contribution in [2.45, 2.75) is 32.1 Å². The van der Waals surface area contributed by atoms with Crippen molar-refractivity contribution in [3.63, 3.8) is 0 Å². The third kappa shape index (κ3) is 1.96. The molecule has 2 rings (SSSR count). The first-order valence-corrected chi connectivity index (χ1v) is 6.08. The van der Waals surface area contributed by atoms with Gasteiger partial charge in [0.05, 0.1) is 5.41 Å². The Labute approximate surface area is 107 Å². The number of allylic oxidation sites excluding steroid dienone is 2. The summed E-state index contributed by atoms with van der Waals surface area (Å²) in [6.07, 6.45) is 3.64. The van der Waals surface area contributed by atoms with Crippen LogP contribution in [0.25, 0.3) is 0 Å². The number of benzene rings is 1. The van der Waals surface area contributed by atoms with Gasteiger partial charge in [-0.3, -0.25) is 4.79 Å². The highest BCUT2D eigenvalue weighted by molar-refractivity contribution is 6.07. The van der Waals surface area contributed by atoms with E-state index in [0.29, 0.717) is 6.42 Å². The number of aldehydes is 1. The summed E-state index contributed by atoms with van der Waals surface area (Å²) in [5, 5.41) is 2.87. The smallest absolute Gasteiger partial charge is 0.235 e. The lowest BCUT2D eigenvalue weighted by molar-refractivity contribution is -0.123. The standard InChI is InChI=1S/C15H17NO2/c1-11(2)7-8-15(9-10-17)12-5-3-4-6-13(12)16-14(15)18/h3-7,10H,8-9H2,1-2H3,(H,16,18)/t15-/m0/s1. The van der Waals surface area contributed by atoms with Gasteiger partial charge in [-0.05, 0) is 31.9 Å². The van der Waals surface area contributed by atoms with Crippen LogP contribution in [0.5, 0.6) is 0 Å². The van der Waals surface area contributed by atoms with Crippen LogP contribution in [0.3, 0.4) is 0 Å². The Morgan fingerprint density at radius 3 is 2.67 bits per heavy atom. The topological polar surface area (TPSA) is 46.2 Å². The van der Waals surface area contributed by atoms with Crippen LogP contribution in [-0.2, 0) is 15.0 Å². The number of nitrogens with one attached hydrogen (secondary N) is 1. The van der Waals surface area contributed by atoms with E-state index in [2.05, 4.69) is 5.32 Å². The number of hydrogen-bond donors (Lipinski definition) is 1. The molecule has 0 aromatic heterocycles. The van der Waals surface area contributed by atoms with Crippen molar-refractivity contribution < 1.29 is 9.59 Å². The number of carbonyl (C=O) groups excluding carboxylic acids is 2. The molecule has 0 saturated carbocycles. The fourth-order valence-electron chi connectivity index (χ4n) is 2.38. The van der Waals surface area contributed by atoms with Crippen molar-refractivity contribution >= 4 is 17.9 Å². The molecule has 0 spiro atoms. The highest BCUT2D eigenvalue weighted by Gasteiger charge is 2.45. The molecule has 1 N–H and O–H groups in total. The summed E-state index contributed by atoms with van der Waals surface area (Å²) < 4.78 is 0. The first-order chi connectivity index (χ1) is 8.60. The van der Waals surface area contributed by atoms with Gasteiger partial charge in [0.25, 0.3) is 0 Å². The molecule has 0 fully saturated rings. The van der Waals surface area contributed by atoms with Crippen LogP contribution in [0, 0.1) is 0 Å². The molecule has 18 heavy (non-hydrogen) atoms. The number of carbonyl (C=O) groups is 2. The van der Waals surface area contributed by atoms with Crippen molar-refractivity contribution in [1.82, 2.24) is 0 Å². The van der Waals surface area contributed by atoms with Gasteiger partial charge in [-0.15, -0.1) is 0 Å². The molecule has 0 saturated heterocycles. The van der Waals surface area contributed by atoms with E-state index in [9.17, 15) is 9.59 Å². The van der Waals surface area contributed by atoms with Crippen LogP contribution < -0.4 is 5.32 Å². The first kappa shape index (κ1) is 12.6. The second-order valence-corrected chi connectivity index (χ2v) is 4.94. The SMILES string of the molecule is CC(C)=CC[C@@]1(CC=O)C(=O)Nc2ccccc21. The molecule has 94 valence electrons. The van der Waals surface area contributed by atoms with Crippen LogP contribution in [0.1, 0.15) is 32.3 Å². The van der Waals surface area contributed by atoms with Gasteiger partial charge in [0.15, 0.2) is 0 Å². The lowest BCUT2D eigenvalue weighted by atomic mass is 9.76. The van der Waals surface area contributed by atoms with E-state index >= 15 is 0 Å². The molecule has 1 aliphatic rings. The predicted molar refractivity (Wildman–Crippen MR) is 71.5 cm³/mol. The van der Waals surface area contributed by atoms with E-state index in [1.165, 1.54) is 0 Å². The quantitative estimate of drug-likeness (QED) is 0.653. The molecule has 0 bridgehead atoms. The molecule has 1 aromatic rings. The molecule has 0 unspecified atom stereocenters. The fourth-order valence-corrected chi connectivity index (χ4v) is 2.38. The molecule has 3 heteroatoms.